The number of amides is 2. The maximum atomic E-state index is 12.7. The van der Waals surface area contributed by atoms with Gasteiger partial charge >= 0.3 is 5.97 Å². The van der Waals surface area contributed by atoms with E-state index >= 15 is 0 Å². The first-order valence-electron chi connectivity index (χ1n) is 19.3. The summed E-state index contributed by atoms with van der Waals surface area (Å²) in [7, 11) is -9.43. The van der Waals surface area contributed by atoms with E-state index in [1.165, 1.54) is 18.2 Å². The highest BCUT2D eigenvalue weighted by atomic mass is 32.2. The molecule has 0 N–H and O–H groups in total. The van der Waals surface area contributed by atoms with Crippen LogP contribution in [0.15, 0.2) is 81.8 Å². The highest BCUT2D eigenvalue weighted by molar-refractivity contribution is 7.86. The molecule has 4 aliphatic rings. The van der Waals surface area contributed by atoms with Gasteiger partial charge in [-0.2, -0.15) is 0 Å². The Hall–Kier alpha value is -4.90. The summed E-state index contributed by atoms with van der Waals surface area (Å²) in [6.07, 6.45) is 8.91. The van der Waals surface area contributed by atoms with Gasteiger partial charge in [0.1, 0.15) is 34.7 Å². The zero-order valence-electron chi connectivity index (χ0n) is 33.6. The molecule has 1 aromatic rings. The highest BCUT2D eigenvalue weighted by Gasteiger charge is 2.43. The minimum atomic E-state index is -4.88. The minimum Gasteiger partial charge on any atom is -0.748 e. The largest absolute Gasteiger partial charge is 0.748 e. The van der Waals surface area contributed by atoms with Crippen molar-refractivity contribution >= 4 is 49.8 Å². The fourth-order valence-corrected chi connectivity index (χ4v) is 8.51. The van der Waals surface area contributed by atoms with Gasteiger partial charge in [-0.05, 0) is 99.1 Å². The van der Waals surface area contributed by atoms with Gasteiger partial charge in [0.25, 0.3) is 11.8 Å². The second-order valence-corrected chi connectivity index (χ2v) is 18.5. The van der Waals surface area contributed by atoms with Crippen molar-refractivity contribution in [3.8, 4) is 11.3 Å². The molecule has 0 spiro atoms. The number of fused-ring (bicyclic) bond motifs is 2. The Morgan fingerprint density at radius 2 is 1.64 bits per heavy atom. The van der Waals surface area contributed by atoms with Gasteiger partial charge in [0.05, 0.1) is 21.1 Å². The molecule has 0 bridgehead atoms. The maximum Gasteiger partial charge on any atom is 0.333 e. The first-order valence-corrected chi connectivity index (χ1v) is 22.2. The van der Waals surface area contributed by atoms with Crippen LogP contribution in [0.25, 0.3) is 17.4 Å². The Kier molecular flexibility index (Phi) is 13.4. The molecule has 14 nitrogen and oxygen atoms in total. The molecule has 1 atom stereocenters. The summed E-state index contributed by atoms with van der Waals surface area (Å²) in [6, 6.07) is 12.2. The molecule has 0 saturated carbocycles. The molecule has 16 heteroatoms. The predicted octanol–water partition coefficient (Wildman–Crippen LogP) is 5.34. The minimum absolute atomic E-state index is 0.0519. The Balaban J connectivity index is 1.51. The molecule has 1 aliphatic carbocycles. The molecule has 3 aliphatic heterocycles. The molecule has 1 fully saturated rings. The fraction of sp³-hybridized carbons (Fsp3) is 0.429. The Morgan fingerprint density at radius 1 is 0.948 bits per heavy atom. The van der Waals surface area contributed by atoms with Crippen LogP contribution in [0.5, 0.6) is 0 Å². The summed E-state index contributed by atoms with van der Waals surface area (Å²) in [5.41, 5.74) is 2.43. The van der Waals surface area contributed by atoms with Crippen molar-refractivity contribution in [1.82, 2.24) is 9.64 Å². The lowest BCUT2D eigenvalue weighted by Gasteiger charge is -2.30. The smallest absolute Gasteiger partial charge is 0.333 e. The topological polar surface area (TPSA) is 197 Å². The summed E-state index contributed by atoms with van der Waals surface area (Å²) >= 11 is 0. The highest BCUT2D eigenvalue weighted by Crippen LogP contribution is 2.51. The zero-order valence-corrected chi connectivity index (χ0v) is 35.3. The van der Waals surface area contributed by atoms with E-state index in [9.17, 15) is 40.3 Å². The second kappa shape index (κ2) is 17.5. The quantitative estimate of drug-likeness (QED) is 0.0826. The third-order valence-corrected chi connectivity index (χ3v) is 12.1. The predicted molar refractivity (Wildman–Crippen MR) is 216 cm³/mol. The van der Waals surface area contributed by atoms with Crippen LogP contribution in [0, 0.1) is 0 Å². The molecule has 1 unspecified atom stereocenters. The van der Waals surface area contributed by atoms with Crippen molar-refractivity contribution in [2.45, 2.75) is 95.8 Å². The van der Waals surface area contributed by atoms with Gasteiger partial charge in [-0.25, -0.2) is 26.2 Å². The second-order valence-electron chi connectivity index (χ2n) is 15.6. The van der Waals surface area contributed by atoms with Crippen molar-refractivity contribution < 1.29 is 49.6 Å². The number of nitrogens with zero attached hydrogens (tertiary/aromatic N) is 3. The van der Waals surface area contributed by atoms with Crippen LogP contribution < -0.4 is 14.8 Å². The van der Waals surface area contributed by atoms with Crippen LogP contribution in [-0.4, -0.2) is 74.2 Å². The van der Waals surface area contributed by atoms with E-state index < -0.39 is 54.1 Å². The molecule has 2 amide bonds. The first-order chi connectivity index (χ1) is 27.2. The number of hydrogen-bond donors (Lipinski definition) is 0. The third kappa shape index (κ3) is 10.2. The van der Waals surface area contributed by atoms with Crippen LogP contribution in [0.2, 0.25) is 0 Å². The Morgan fingerprint density at radius 3 is 2.26 bits per heavy atom. The first kappa shape index (κ1) is 44.2. The Bertz CT molecular complexity index is 2420. The lowest BCUT2D eigenvalue weighted by molar-refractivity contribution is -0.197. The number of imide groups is 1. The normalized spacial score (nSPS) is 18.4. The standard InChI is InChI=1S/C42H51N3O11S2/c1-7-43(8-2)29-17-19-32-33(41(3,4)5)27-30(55-36(32)26-29)14-10-9-11-15-37-42(6,23-12-16-40(48)56-45-38(46)21-22-39(45)47)34-28-31(58(52,53)54)18-20-35(34)44(37)24-13-25-57(49,50)51/h9-11,14-15,17-20,26-28H,7-8,12-13,16,21-25H2,1-6H3,(H-,49,50,51,52,53,54)/p-1. The summed E-state index contributed by atoms with van der Waals surface area (Å²) in [5.74, 6) is -1.31. The SMILES string of the molecule is CC[N+](CC)=c1ccc2c(C(C)(C)C)cc(/C=C/C=C/C=C3\N(CCCS(=O)(=O)[O-])c4ccc(S(=O)(=O)[O-])cc4C3(C)CCCC(=O)ON3C(=O)CCC3=O)oc-2c1. The van der Waals surface area contributed by atoms with E-state index in [0.717, 1.165) is 35.3 Å². The van der Waals surface area contributed by atoms with E-state index in [4.69, 9.17) is 9.25 Å². The van der Waals surface area contributed by atoms with Gasteiger partial charge in [-0.3, -0.25) is 9.59 Å². The monoisotopic (exact) mass is 836 g/mol. The van der Waals surface area contributed by atoms with Crippen molar-refractivity contribution in [3.63, 3.8) is 0 Å². The number of benzene rings is 2. The third-order valence-electron chi connectivity index (χ3n) is 10.5. The van der Waals surface area contributed by atoms with Crippen LogP contribution in [-0.2, 0) is 50.3 Å². The van der Waals surface area contributed by atoms with Crippen molar-refractivity contribution in [3.05, 3.63) is 94.7 Å². The van der Waals surface area contributed by atoms with Gasteiger partial charge in [-0.1, -0.05) is 39.0 Å². The maximum absolute atomic E-state index is 12.7. The van der Waals surface area contributed by atoms with E-state index in [2.05, 4.69) is 57.4 Å². The molecule has 1 saturated heterocycles. The average Bonchev–Trinajstić information content (AvgIpc) is 3.57. The van der Waals surface area contributed by atoms with Crippen molar-refractivity contribution in [2.24, 2.45) is 0 Å². The van der Waals surface area contributed by atoms with Gasteiger partial charge in [0, 0.05) is 60.0 Å². The number of rotatable bonds is 15. The number of anilines is 1. The van der Waals surface area contributed by atoms with Gasteiger partial charge in [-0.15, -0.1) is 5.06 Å². The summed E-state index contributed by atoms with van der Waals surface area (Å²) in [4.78, 5) is 43.1. The van der Waals surface area contributed by atoms with Crippen LogP contribution in [0.1, 0.15) is 97.0 Å². The van der Waals surface area contributed by atoms with E-state index in [-0.39, 0.29) is 50.5 Å². The van der Waals surface area contributed by atoms with Crippen molar-refractivity contribution in [2.75, 3.05) is 30.3 Å². The fourth-order valence-electron chi connectivity index (χ4n) is 7.53. The summed E-state index contributed by atoms with van der Waals surface area (Å²) in [5, 5.41) is 1.52. The summed E-state index contributed by atoms with van der Waals surface area (Å²) in [6.45, 7) is 14.2. The number of allylic oxidation sites excluding steroid dienone is 5. The van der Waals surface area contributed by atoms with Crippen LogP contribution >= 0.6 is 0 Å². The van der Waals surface area contributed by atoms with Gasteiger partial charge in [0.15, 0.2) is 0 Å². The number of carbonyl (C=O) groups excluding carboxylic acids is 3. The van der Waals surface area contributed by atoms with E-state index in [1.807, 2.05) is 12.1 Å². The molecule has 58 heavy (non-hydrogen) atoms. The van der Waals surface area contributed by atoms with Crippen LogP contribution in [0.3, 0.4) is 0 Å². The van der Waals surface area contributed by atoms with Crippen LogP contribution in [0.4, 0.5) is 5.69 Å². The molecular formula is C42H50N3O11S2-. The molecule has 0 radical (unpaired) electrons. The summed E-state index contributed by atoms with van der Waals surface area (Å²) < 4.78 is 79.8. The molecular weight excluding hydrogens is 787 g/mol. The lowest BCUT2D eigenvalue weighted by Crippen LogP contribution is -2.32. The molecule has 1 aromatic carbocycles. The van der Waals surface area contributed by atoms with Gasteiger partial charge < -0.3 is 23.3 Å². The molecule has 3 heterocycles. The van der Waals surface area contributed by atoms with E-state index in [1.54, 1.807) is 36.1 Å². The molecule has 0 aromatic heterocycles. The number of hydroxylamine groups is 2. The van der Waals surface area contributed by atoms with Crippen molar-refractivity contribution in [1.29, 1.82) is 0 Å². The molecule has 5 rings (SSSR count). The molecule has 312 valence electrons. The van der Waals surface area contributed by atoms with E-state index in [0.29, 0.717) is 27.8 Å². The Labute approximate surface area is 340 Å². The lowest BCUT2D eigenvalue weighted by atomic mass is 9.77. The van der Waals surface area contributed by atoms with Gasteiger partial charge in [0.2, 0.25) is 5.36 Å². The number of carbonyl (C=O) groups is 3. The zero-order chi connectivity index (χ0) is 42.6. The number of hydrogen-bond acceptors (Lipinski definition) is 12. The average molecular weight is 837 g/mol.